The van der Waals surface area contributed by atoms with E-state index >= 15 is 0 Å². The molecule has 5 heteroatoms. The molecule has 0 aromatic heterocycles. The molecule has 0 aliphatic carbocycles. The van der Waals surface area contributed by atoms with Crippen LogP contribution in [0.25, 0.3) is 0 Å². The van der Waals surface area contributed by atoms with E-state index in [0.717, 1.165) is 25.7 Å². The molecule has 20 heavy (non-hydrogen) atoms. The summed E-state index contributed by atoms with van der Waals surface area (Å²) < 4.78 is 41.1. The molecule has 0 aliphatic rings. The molecule has 2 nitrogen and oxygen atoms in total. The lowest BCUT2D eigenvalue weighted by Crippen LogP contribution is -2.20. The van der Waals surface area contributed by atoms with Gasteiger partial charge in [-0.05, 0) is 24.8 Å². The SMILES string of the molecule is CCCC(CCC)C(O)c1ccccc1OC(F)(F)F. The average Bonchev–Trinajstić information content (AvgIpc) is 2.36. The maximum Gasteiger partial charge on any atom is 0.573 e. The largest absolute Gasteiger partial charge is 0.573 e. The van der Waals surface area contributed by atoms with Gasteiger partial charge in [-0.25, -0.2) is 0 Å². The molecular formula is C15H21F3O2. The Kier molecular flexibility index (Phi) is 6.33. The number of ether oxygens (including phenoxy) is 1. The van der Waals surface area contributed by atoms with E-state index in [2.05, 4.69) is 4.74 Å². The number of hydrogen-bond acceptors (Lipinski definition) is 2. The van der Waals surface area contributed by atoms with Crippen molar-refractivity contribution in [1.82, 2.24) is 0 Å². The molecule has 0 radical (unpaired) electrons. The lowest BCUT2D eigenvalue weighted by molar-refractivity contribution is -0.275. The molecule has 0 saturated carbocycles. The first-order valence-electron chi connectivity index (χ1n) is 6.91. The quantitative estimate of drug-likeness (QED) is 0.779. The zero-order valence-electron chi connectivity index (χ0n) is 11.8. The van der Waals surface area contributed by atoms with Gasteiger partial charge in [-0.15, -0.1) is 13.2 Å². The molecule has 1 aromatic carbocycles. The molecule has 0 saturated heterocycles. The molecule has 1 rings (SSSR count). The van der Waals surface area contributed by atoms with E-state index in [1.54, 1.807) is 6.07 Å². The van der Waals surface area contributed by atoms with Crippen molar-refractivity contribution >= 4 is 0 Å². The van der Waals surface area contributed by atoms with Crippen molar-refractivity contribution in [2.24, 2.45) is 5.92 Å². The number of aliphatic hydroxyl groups excluding tert-OH is 1. The minimum absolute atomic E-state index is 0.0528. The summed E-state index contributed by atoms with van der Waals surface area (Å²) in [5.41, 5.74) is 0.205. The van der Waals surface area contributed by atoms with Crippen molar-refractivity contribution in [3.63, 3.8) is 0 Å². The molecule has 1 atom stereocenters. The number of hydrogen-bond donors (Lipinski definition) is 1. The van der Waals surface area contributed by atoms with Crippen LogP contribution in [0, 0.1) is 5.92 Å². The smallest absolute Gasteiger partial charge is 0.405 e. The summed E-state index contributed by atoms with van der Waals surface area (Å²) in [6, 6.07) is 5.80. The molecule has 0 amide bonds. The highest BCUT2D eigenvalue weighted by atomic mass is 19.4. The fraction of sp³-hybridized carbons (Fsp3) is 0.600. The van der Waals surface area contributed by atoms with Crippen molar-refractivity contribution in [3.05, 3.63) is 29.8 Å². The van der Waals surface area contributed by atoms with Gasteiger partial charge in [-0.2, -0.15) is 0 Å². The van der Waals surface area contributed by atoms with Crippen LogP contribution < -0.4 is 4.74 Å². The first-order valence-corrected chi connectivity index (χ1v) is 6.91. The number of para-hydroxylation sites is 1. The van der Waals surface area contributed by atoms with Crippen LogP contribution in [-0.2, 0) is 0 Å². The highest BCUT2D eigenvalue weighted by Gasteiger charge is 2.33. The number of benzene rings is 1. The summed E-state index contributed by atoms with van der Waals surface area (Å²) in [5, 5.41) is 10.4. The Bertz CT molecular complexity index is 398. The molecule has 0 aliphatic heterocycles. The van der Waals surface area contributed by atoms with Gasteiger partial charge in [0.25, 0.3) is 0 Å². The van der Waals surface area contributed by atoms with Crippen LogP contribution in [0.1, 0.15) is 51.2 Å². The van der Waals surface area contributed by atoms with Gasteiger partial charge in [0.2, 0.25) is 0 Å². The lowest BCUT2D eigenvalue weighted by Gasteiger charge is -2.24. The summed E-state index contributed by atoms with van der Waals surface area (Å²) in [6.07, 6.45) is -2.38. The zero-order valence-corrected chi connectivity index (χ0v) is 11.8. The topological polar surface area (TPSA) is 29.5 Å². The molecule has 1 unspecified atom stereocenters. The van der Waals surface area contributed by atoms with Gasteiger partial charge in [-0.1, -0.05) is 44.9 Å². The van der Waals surface area contributed by atoms with Gasteiger partial charge in [0.05, 0.1) is 6.10 Å². The van der Waals surface area contributed by atoms with Crippen molar-refractivity contribution in [1.29, 1.82) is 0 Å². The highest BCUT2D eigenvalue weighted by molar-refractivity contribution is 5.35. The maximum absolute atomic E-state index is 12.4. The van der Waals surface area contributed by atoms with Crippen LogP contribution in [0.5, 0.6) is 5.75 Å². The van der Waals surface area contributed by atoms with Crippen LogP contribution in [0.2, 0.25) is 0 Å². The minimum Gasteiger partial charge on any atom is -0.405 e. The van der Waals surface area contributed by atoms with E-state index in [9.17, 15) is 18.3 Å². The predicted octanol–water partition coefficient (Wildman–Crippen LogP) is 4.84. The number of aliphatic hydroxyl groups is 1. The van der Waals surface area contributed by atoms with Gasteiger partial charge >= 0.3 is 6.36 Å². The standard InChI is InChI=1S/C15H21F3O2/c1-3-7-11(8-4-2)14(19)12-9-5-6-10-13(12)20-15(16,17)18/h5-6,9-11,14,19H,3-4,7-8H2,1-2H3. The molecule has 114 valence electrons. The first kappa shape index (κ1) is 16.8. The summed E-state index contributed by atoms with van der Waals surface area (Å²) >= 11 is 0. The highest BCUT2D eigenvalue weighted by Crippen LogP contribution is 2.36. The zero-order chi connectivity index (χ0) is 15.2. The normalized spacial score (nSPS) is 13.6. The Labute approximate surface area is 117 Å². The fourth-order valence-corrected chi connectivity index (χ4v) is 2.40. The minimum atomic E-state index is -4.75. The monoisotopic (exact) mass is 290 g/mol. The van der Waals surface area contributed by atoms with Gasteiger partial charge in [0.15, 0.2) is 0 Å². The molecule has 0 fully saturated rings. The van der Waals surface area contributed by atoms with E-state index in [1.165, 1.54) is 18.2 Å². The van der Waals surface area contributed by atoms with E-state index in [4.69, 9.17) is 0 Å². The summed E-state index contributed by atoms with van der Waals surface area (Å²) in [7, 11) is 0. The van der Waals surface area contributed by atoms with E-state index in [-0.39, 0.29) is 17.2 Å². The lowest BCUT2D eigenvalue weighted by atomic mass is 9.88. The third kappa shape index (κ3) is 5.04. The maximum atomic E-state index is 12.4. The van der Waals surface area contributed by atoms with Crippen LogP contribution in [0.3, 0.4) is 0 Å². The van der Waals surface area contributed by atoms with E-state index < -0.39 is 12.5 Å². The third-order valence-corrected chi connectivity index (χ3v) is 3.23. The number of rotatable bonds is 7. The van der Waals surface area contributed by atoms with Gasteiger partial charge < -0.3 is 9.84 Å². The first-order chi connectivity index (χ1) is 9.39. The van der Waals surface area contributed by atoms with Crippen LogP contribution in [-0.4, -0.2) is 11.5 Å². The van der Waals surface area contributed by atoms with Crippen LogP contribution in [0.15, 0.2) is 24.3 Å². The molecular weight excluding hydrogens is 269 g/mol. The van der Waals surface area contributed by atoms with Crippen molar-refractivity contribution in [2.45, 2.75) is 52.0 Å². The Hall–Kier alpha value is -1.23. The van der Waals surface area contributed by atoms with Crippen molar-refractivity contribution < 1.29 is 23.0 Å². The molecule has 0 spiro atoms. The van der Waals surface area contributed by atoms with E-state index in [0.29, 0.717) is 0 Å². The van der Waals surface area contributed by atoms with Crippen LogP contribution >= 0.6 is 0 Å². The Morgan fingerprint density at radius 1 is 1.10 bits per heavy atom. The third-order valence-electron chi connectivity index (χ3n) is 3.23. The number of halogens is 3. The molecule has 1 N–H and O–H groups in total. The second-order valence-electron chi connectivity index (χ2n) is 4.87. The second kappa shape index (κ2) is 7.53. The van der Waals surface area contributed by atoms with Crippen LogP contribution in [0.4, 0.5) is 13.2 Å². The fourth-order valence-electron chi connectivity index (χ4n) is 2.40. The summed E-state index contributed by atoms with van der Waals surface area (Å²) in [4.78, 5) is 0. The average molecular weight is 290 g/mol. The molecule has 1 aromatic rings. The van der Waals surface area contributed by atoms with Gasteiger partial charge in [-0.3, -0.25) is 0 Å². The molecule has 0 bridgehead atoms. The van der Waals surface area contributed by atoms with Gasteiger partial charge in [0.1, 0.15) is 5.75 Å². The number of alkyl halides is 3. The summed E-state index contributed by atoms with van der Waals surface area (Å²) in [6.45, 7) is 3.99. The Balaban J connectivity index is 2.98. The predicted molar refractivity (Wildman–Crippen MR) is 71.4 cm³/mol. The van der Waals surface area contributed by atoms with Crippen molar-refractivity contribution in [3.8, 4) is 5.75 Å². The molecule has 0 heterocycles. The summed E-state index contributed by atoms with van der Waals surface area (Å²) in [5.74, 6) is -0.368. The van der Waals surface area contributed by atoms with E-state index in [1.807, 2.05) is 13.8 Å². The van der Waals surface area contributed by atoms with Gasteiger partial charge in [0, 0.05) is 5.56 Å². The Morgan fingerprint density at radius 3 is 2.15 bits per heavy atom. The van der Waals surface area contributed by atoms with Crippen molar-refractivity contribution in [2.75, 3.05) is 0 Å². The second-order valence-corrected chi connectivity index (χ2v) is 4.87. The Morgan fingerprint density at radius 2 is 1.65 bits per heavy atom.